The Kier molecular flexibility index (Phi) is 4.93. The summed E-state index contributed by atoms with van der Waals surface area (Å²) >= 11 is 0. The number of likely N-dealkylation sites (tertiary alicyclic amines) is 1. The average Bonchev–Trinajstić information content (AvgIpc) is 3.07. The Labute approximate surface area is 154 Å². The number of rotatable bonds is 5. The minimum absolute atomic E-state index is 0.165. The highest BCUT2D eigenvalue weighted by atomic mass is 16.6. The molecule has 136 valence electrons. The zero-order valence-electron chi connectivity index (χ0n) is 15.2. The Bertz CT molecular complexity index is 774. The van der Waals surface area contributed by atoms with Crippen LogP contribution in [0.15, 0.2) is 48.5 Å². The maximum absolute atomic E-state index is 12.6. The third-order valence-corrected chi connectivity index (χ3v) is 5.43. The summed E-state index contributed by atoms with van der Waals surface area (Å²) in [5.74, 6) is 2.74. The minimum atomic E-state index is 0.165. The third-order valence-electron chi connectivity index (χ3n) is 5.43. The molecule has 0 bridgehead atoms. The van der Waals surface area contributed by atoms with Gasteiger partial charge in [0.1, 0.15) is 13.2 Å². The molecule has 0 spiro atoms. The van der Waals surface area contributed by atoms with Crippen LogP contribution in [0.2, 0.25) is 0 Å². The fourth-order valence-corrected chi connectivity index (χ4v) is 4.00. The molecule has 2 unspecified atom stereocenters. The van der Waals surface area contributed by atoms with Crippen molar-refractivity contribution < 1.29 is 14.3 Å². The molecular formula is C22H25NO3. The number of benzene rings is 2. The standard InChI is InChI=1S/C22H25NO3/c1-16-14-23(15-19(16)17-5-3-2-4-6-17)10-9-20(24)18-7-8-21-22(13-18)26-12-11-25-21/h2-8,13,16,19H,9-12,14-15H2,1H3. The molecule has 1 saturated heterocycles. The number of hydrogen-bond acceptors (Lipinski definition) is 4. The Hall–Kier alpha value is -2.33. The molecule has 2 atom stereocenters. The maximum Gasteiger partial charge on any atom is 0.164 e. The van der Waals surface area contributed by atoms with E-state index in [9.17, 15) is 4.79 Å². The van der Waals surface area contributed by atoms with Crippen LogP contribution in [-0.2, 0) is 0 Å². The van der Waals surface area contributed by atoms with Crippen molar-refractivity contribution in [1.82, 2.24) is 4.90 Å². The summed E-state index contributed by atoms with van der Waals surface area (Å²) in [6.45, 7) is 6.29. The van der Waals surface area contributed by atoms with Gasteiger partial charge in [-0.2, -0.15) is 0 Å². The normalized spacial score (nSPS) is 22.3. The summed E-state index contributed by atoms with van der Waals surface area (Å²) in [6, 6.07) is 16.2. The van der Waals surface area contributed by atoms with Crippen molar-refractivity contribution in [2.45, 2.75) is 19.3 Å². The Morgan fingerprint density at radius 3 is 2.62 bits per heavy atom. The molecule has 0 N–H and O–H groups in total. The second-order valence-electron chi connectivity index (χ2n) is 7.29. The molecular weight excluding hydrogens is 326 g/mol. The predicted octanol–water partition coefficient (Wildman–Crippen LogP) is 3.77. The van der Waals surface area contributed by atoms with Crippen LogP contribution in [0.1, 0.15) is 35.2 Å². The third kappa shape index (κ3) is 3.61. The van der Waals surface area contributed by atoms with E-state index in [0.717, 1.165) is 25.4 Å². The van der Waals surface area contributed by atoms with Gasteiger partial charge in [-0.15, -0.1) is 0 Å². The first kappa shape index (κ1) is 17.1. The van der Waals surface area contributed by atoms with Crippen LogP contribution in [0.25, 0.3) is 0 Å². The zero-order valence-corrected chi connectivity index (χ0v) is 15.2. The van der Waals surface area contributed by atoms with Crippen LogP contribution in [0.3, 0.4) is 0 Å². The molecule has 0 radical (unpaired) electrons. The summed E-state index contributed by atoms with van der Waals surface area (Å²) in [5, 5.41) is 0. The second kappa shape index (κ2) is 7.50. The van der Waals surface area contributed by atoms with Gasteiger partial charge in [-0.1, -0.05) is 37.3 Å². The van der Waals surface area contributed by atoms with Crippen LogP contribution in [0, 0.1) is 5.92 Å². The Morgan fingerprint density at radius 1 is 1.04 bits per heavy atom. The Morgan fingerprint density at radius 2 is 1.81 bits per heavy atom. The first-order valence-corrected chi connectivity index (χ1v) is 9.41. The van der Waals surface area contributed by atoms with Crippen LogP contribution in [0.4, 0.5) is 0 Å². The molecule has 2 aliphatic rings. The lowest BCUT2D eigenvalue weighted by Gasteiger charge is -2.19. The first-order valence-electron chi connectivity index (χ1n) is 9.41. The number of carbonyl (C=O) groups excluding carboxylic acids is 1. The summed E-state index contributed by atoms with van der Waals surface area (Å²) in [7, 11) is 0. The second-order valence-corrected chi connectivity index (χ2v) is 7.29. The SMILES string of the molecule is CC1CN(CCC(=O)c2ccc3c(c2)OCCO3)CC1c1ccccc1. The molecule has 26 heavy (non-hydrogen) atoms. The van der Waals surface area contributed by atoms with E-state index >= 15 is 0 Å². The van der Waals surface area contributed by atoms with Crippen molar-refractivity contribution in [3.8, 4) is 11.5 Å². The highest BCUT2D eigenvalue weighted by Gasteiger charge is 2.30. The van der Waals surface area contributed by atoms with Crippen molar-refractivity contribution in [2.24, 2.45) is 5.92 Å². The molecule has 2 aromatic rings. The molecule has 0 aliphatic carbocycles. The van der Waals surface area contributed by atoms with E-state index in [2.05, 4.69) is 42.2 Å². The molecule has 1 fully saturated rings. The number of ether oxygens (including phenoxy) is 2. The summed E-state index contributed by atoms with van der Waals surface area (Å²) in [5.41, 5.74) is 2.11. The predicted molar refractivity (Wildman–Crippen MR) is 101 cm³/mol. The van der Waals surface area contributed by atoms with Crippen molar-refractivity contribution >= 4 is 5.78 Å². The molecule has 4 nitrogen and oxygen atoms in total. The number of Topliss-reactive ketones (excluding diaryl/α,β-unsaturated/α-hetero) is 1. The van der Waals surface area contributed by atoms with Crippen molar-refractivity contribution in [2.75, 3.05) is 32.8 Å². The number of carbonyl (C=O) groups is 1. The van der Waals surface area contributed by atoms with Gasteiger partial charge in [0.05, 0.1) is 0 Å². The lowest BCUT2D eigenvalue weighted by molar-refractivity contribution is 0.0967. The van der Waals surface area contributed by atoms with E-state index in [0.29, 0.717) is 42.8 Å². The zero-order chi connectivity index (χ0) is 17.9. The van der Waals surface area contributed by atoms with Gasteiger partial charge in [0.15, 0.2) is 17.3 Å². The van der Waals surface area contributed by atoms with Gasteiger partial charge >= 0.3 is 0 Å². The monoisotopic (exact) mass is 351 g/mol. The average molecular weight is 351 g/mol. The van der Waals surface area contributed by atoms with Crippen molar-refractivity contribution in [3.63, 3.8) is 0 Å². The largest absolute Gasteiger partial charge is 0.486 e. The lowest BCUT2D eigenvalue weighted by atomic mass is 9.90. The highest BCUT2D eigenvalue weighted by Crippen LogP contribution is 2.33. The molecule has 0 saturated carbocycles. The molecule has 4 rings (SSSR count). The van der Waals surface area contributed by atoms with Gasteiger partial charge in [-0.25, -0.2) is 0 Å². The van der Waals surface area contributed by atoms with E-state index in [-0.39, 0.29) is 5.78 Å². The van der Waals surface area contributed by atoms with Gasteiger partial charge in [-0.3, -0.25) is 4.79 Å². The fraction of sp³-hybridized carbons (Fsp3) is 0.409. The van der Waals surface area contributed by atoms with Gasteiger partial charge in [0, 0.05) is 37.5 Å². The molecule has 0 amide bonds. The van der Waals surface area contributed by atoms with E-state index < -0.39 is 0 Å². The van der Waals surface area contributed by atoms with E-state index in [4.69, 9.17) is 9.47 Å². The lowest BCUT2D eigenvalue weighted by Crippen LogP contribution is -2.24. The number of ketones is 1. The smallest absolute Gasteiger partial charge is 0.164 e. The molecule has 0 aromatic heterocycles. The van der Waals surface area contributed by atoms with Gasteiger partial charge in [-0.05, 0) is 29.7 Å². The van der Waals surface area contributed by atoms with Crippen molar-refractivity contribution in [1.29, 1.82) is 0 Å². The van der Waals surface area contributed by atoms with Gasteiger partial charge < -0.3 is 14.4 Å². The summed E-state index contributed by atoms with van der Waals surface area (Å²) < 4.78 is 11.1. The van der Waals surface area contributed by atoms with Crippen LogP contribution >= 0.6 is 0 Å². The molecule has 4 heteroatoms. The van der Waals surface area contributed by atoms with Crippen molar-refractivity contribution in [3.05, 3.63) is 59.7 Å². The van der Waals surface area contributed by atoms with Crippen LogP contribution in [0.5, 0.6) is 11.5 Å². The Balaban J connectivity index is 1.35. The number of hydrogen-bond donors (Lipinski definition) is 0. The van der Waals surface area contributed by atoms with E-state index in [1.165, 1.54) is 5.56 Å². The minimum Gasteiger partial charge on any atom is -0.486 e. The summed E-state index contributed by atoms with van der Waals surface area (Å²) in [4.78, 5) is 15.0. The summed E-state index contributed by atoms with van der Waals surface area (Å²) in [6.07, 6.45) is 0.536. The van der Waals surface area contributed by atoms with Gasteiger partial charge in [0.25, 0.3) is 0 Å². The molecule has 2 heterocycles. The highest BCUT2D eigenvalue weighted by molar-refractivity contribution is 5.96. The number of fused-ring (bicyclic) bond motifs is 1. The molecule has 2 aromatic carbocycles. The van der Waals surface area contributed by atoms with E-state index in [1.807, 2.05) is 18.2 Å². The van der Waals surface area contributed by atoms with Gasteiger partial charge in [0.2, 0.25) is 0 Å². The molecule has 2 aliphatic heterocycles. The quantitative estimate of drug-likeness (QED) is 0.769. The topological polar surface area (TPSA) is 38.8 Å². The maximum atomic E-state index is 12.6. The van der Waals surface area contributed by atoms with Crippen LogP contribution in [-0.4, -0.2) is 43.5 Å². The van der Waals surface area contributed by atoms with E-state index in [1.54, 1.807) is 0 Å². The van der Waals surface area contributed by atoms with Crippen LogP contribution < -0.4 is 9.47 Å². The number of nitrogens with zero attached hydrogens (tertiary/aromatic N) is 1. The fourth-order valence-electron chi connectivity index (χ4n) is 4.00. The first-order chi connectivity index (χ1) is 12.7.